The summed E-state index contributed by atoms with van der Waals surface area (Å²) in [6.45, 7) is 6.90. The van der Waals surface area contributed by atoms with Crippen molar-refractivity contribution < 1.29 is 9.90 Å². The highest BCUT2D eigenvalue weighted by Gasteiger charge is 2.30. The number of pyridine rings is 1. The quantitative estimate of drug-likeness (QED) is 0.499. The van der Waals surface area contributed by atoms with Gasteiger partial charge in [0.15, 0.2) is 0 Å². The molecule has 0 bridgehead atoms. The molecule has 31 heavy (non-hydrogen) atoms. The Bertz CT molecular complexity index is 1390. The summed E-state index contributed by atoms with van der Waals surface area (Å²) in [5.41, 5.74) is 3.83. The summed E-state index contributed by atoms with van der Waals surface area (Å²) in [5, 5.41) is 10.7. The van der Waals surface area contributed by atoms with Crippen LogP contribution in [0, 0.1) is 12.8 Å². The van der Waals surface area contributed by atoms with Crippen LogP contribution in [0.4, 0.5) is 0 Å². The van der Waals surface area contributed by atoms with E-state index in [9.17, 15) is 14.7 Å². The number of hydrogen-bond acceptors (Lipinski definition) is 3. The molecule has 1 aliphatic carbocycles. The number of carboxylic acids is 1. The third-order valence-electron chi connectivity index (χ3n) is 6.30. The van der Waals surface area contributed by atoms with Crippen LogP contribution in [0.5, 0.6) is 0 Å². The summed E-state index contributed by atoms with van der Waals surface area (Å²) < 4.78 is 5.55. The number of carbonyl (C=O) groups is 1. The van der Waals surface area contributed by atoms with E-state index >= 15 is 0 Å². The van der Waals surface area contributed by atoms with Crippen LogP contribution in [0.25, 0.3) is 27.6 Å². The van der Waals surface area contributed by atoms with E-state index in [0.29, 0.717) is 28.2 Å². The van der Waals surface area contributed by atoms with Crippen LogP contribution in [0.1, 0.15) is 55.2 Å². The summed E-state index contributed by atoms with van der Waals surface area (Å²) in [6, 6.07) is 7.75. The summed E-state index contributed by atoms with van der Waals surface area (Å²) in [5.74, 6) is -0.478. The Morgan fingerprint density at radius 2 is 1.97 bits per heavy atom. The highest BCUT2D eigenvalue weighted by atomic mass is 16.4. The van der Waals surface area contributed by atoms with Crippen LogP contribution in [-0.2, 0) is 6.54 Å². The molecule has 5 rings (SSSR count). The minimum Gasteiger partial charge on any atom is -0.478 e. The van der Waals surface area contributed by atoms with Crippen LogP contribution in [0.15, 0.2) is 41.5 Å². The van der Waals surface area contributed by atoms with Gasteiger partial charge < -0.3 is 9.67 Å². The zero-order chi connectivity index (χ0) is 21.9. The van der Waals surface area contributed by atoms with Crippen molar-refractivity contribution in [3.05, 3.63) is 58.4 Å². The summed E-state index contributed by atoms with van der Waals surface area (Å²) in [6.07, 6.45) is 6.30. The molecule has 160 valence electrons. The maximum Gasteiger partial charge on any atom is 0.338 e. The molecule has 1 N–H and O–H groups in total. The van der Waals surface area contributed by atoms with Gasteiger partial charge in [0, 0.05) is 29.9 Å². The number of benzene rings is 1. The Balaban J connectivity index is 1.86. The number of imidazole rings is 1. The second-order valence-corrected chi connectivity index (χ2v) is 8.85. The standard InChI is InChI=1S/C24H26N4O3/c1-14(2)10-12-26-15(3)21(23(29)30)22-18(26)5-4-6-19(22)28-20-13-25-11-9-17(20)27(24(28)31)16-7-8-16/h4-6,9,11,13-14,16H,7-8,10,12H2,1-3H3,(H,29,30). The van der Waals surface area contributed by atoms with Crippen LogP contribution in [0.3, 0.4) is 0 Å². The van der Waals surface area contributed by atoms with E-state index in [4.69, 9.17) is 0 Å². The fourth-order valence-corrected chi connectivity index (χ4v) is 4.62. The lowest BCUT2D eigenvalue weighted by Crippen LogP contribution is -2.22. The molecule has 3 aromatic heterocycles. The van der Waals surface area contributed by atoms with Gasteiger partial charge in [-0.1, -0.05) is 19.9 Å². The zero-order valence-electron chi connectivity index (χ0n) is 18.0. The van der Waals surface area contributed by atoms with E-state index in [2.05, 4.69) is 23.4 Å². The summed E-state index contributed by atoms with van der Waals surface area (Å²) >= 11 is 0. The number of aryl methyl sites for hydroxylation is 1. The lowest BCUT2D eigenvalue weighted by molar-refractivity contribution is 0.0698. The predicted molar refractivity (Wildman–Crippen MR) is 120 cm³/mol. The van der Waals surface area contributed by atoms with Gasteiger partial charge in [0.1, 0.15) is 0 Å². The number of nitrogens with zero attached hydrogens (tertiary/aromatic N) is 4. The van der Waals surface area contributed by atoms with Gasteiger partial charge in [-0.15, -0.1) is 0 Å². The maximum absolute atomic E-state index is 13.5. The van der Waals surface area contributed by atoms with Crippen molar-refractivity contribution in [1.82, 2.24) is 18.7 Å². The van der Waals surface area contributed by atoms with Crippen molar-refractivity contribution in [2.75, 3.05) is 0 Å². The first-order valence-electron chi connectivity index (χ1n) is 10.8. The molecule has 0 radical (unpaired) electrons. The third kappa shape index (κ3) is 2.99. The smallest absolute Gasteiger partial charge is 0.338 e. The molecule has 0 unspecified atom stereocenters. The number of aromatic nitrogens is 4. The number of rotatable bonds is 6. The number of hydrogen-bond donors (Lipinski definition) is 1. The van der Waals surface area contributed by atoms with Crippen LogP contribution in [-0.4, -0.2) is 29.8 Å². The van der Waals surface area contributed by atoms with Crippen molar-refractivity contribution in [3.8, 4) is 5.69 Å². The molecule has 0 saturated heterocycles. The molecule has 7 heteroatoms. The molecule has 1 fully saturated rings. The Morgan fingerprint density at radius 1 is 1.19 bits per heavy atom. The highest BCUT2D eigenvalue weighted by Crippen LogP contribution is 2.38. The van der Waals surface area contributed by atoms with Crippen LogP contribution >= 0.6 is 0 Å². The van der Waals surface area contributed by atoms with Gasteiger partial charge in [-0.05, 0) is 50.3 Å². The van der Waals surface area contributed by atoms with Gasteiger partial charge in [0.05, 0.1) is 34.0 Å². The largest absolute Gasteiger partial charge is 0.478 e. The van der Waals surface area contributed by atoms with Crippen molar-refractivity contribution in [2.45, 2.75) is 52.6 Å². The van der Waals surface area contributed by atoms with E-state index in [1.165, 1.54) is 0 Å². The molecule has 3 heterocycles. The molecule has 0 atom stereocenters. The maximum atomic E-state index is 13.5. The topological polar surface area (TPSA) is 82.0 Å². The van der Waals surface area contributed by atoms with Gasteiger partial charge in [-0.3, -0.25) is 14.1 Å². The van der Waals surface area contributed by atoms with E-state index < -0.39 is 5.97 Å². The normalized spacial score (nSPS) is 14.2. The summed E-state index contributed by atoms with van der Waals surface area (Å²) in [7, 11) is 0. The molecule has 1 aliphatic rings. The fraction of sp³-hybridized carbons (Fsp3) is 0.375. The van der Waals surface area contributed by atoms with Crippen molar-refractivity contribution in [3.63, 3.8) is 0 Å². The number of carboxylic acid groups (broad SMARTS) is 1. The Labute approximate surface area is 179 Å². The lowest BCUT2D eigenvalue weighted by Gasteiger charge is -2.11. The number of fused-ring (bicyclic) bond motifs is 2. The van der Waals surface area contributed by atoms with E-state index in [-0.39, 0.29) is 17.3 Å². The fourth-order valence-electron chi connectivity index (χ4n) is 4.62. The summed E-state index contributed by atoms with van der Waals surface area (Å²) in [4.78, 5) is 30.1. The van der Waals surface area contributed by atoms with E-state index in [1.54, 1.807) is 17.0 Å². The minimum atomic E-state index is -0.977. The Hall–Kier alpha value is -3.35. The van der Waals surface area contributed by atoms with Gasteiger partial charge >= 0.3 is 11.7 Å². The SMILES string of the molecule is Cc1c(C(=O)O)c2c(-n3c(=O)n(C4CC4)c4ccncc43)cccc2n1CCC(C)C. The molecule has 1 aromatic carbocycles. The molecule has 0 aliphatic heterocycles. The van der Waals surface area contributed by atoms with Gasteiger partial charge in [0.2, 0.25) is 0 Å². The highest BCUT2D eigenvalue weighted by molar-refractivity contribution is 6.09. The lowest BCUT2D eigenvalue weighted by atomic mass is 10.1. The monoisotopic (exact) mass is 418 g/mol. The average Bonchev–Trinajstić information content (AvgIpc) is 3.45. The van der Waals surface area contributed by atoms with Crippen LogP contribution in [0.2, 0.25) is 0 Å². The van der Waals surface area contributed by atoms with Gasteiger partial charge in [0.25, 0.3) is 0 Å². The first-order chi connectivity index (χ1) is 14.9. The second kappa shape index (κ2) is 7.11. The van der Waals surface area contributed by atoms with Crippen molar-refractivity contribution >= 4 is 27.9 Å². The van der Waals surface area contributed by atoms with Gasteiger partial charge in [-0.2, -0.15) is 0 Å². The molecule has 0 amide bonds. The molecule has 1 saturated carbocycles. The van der Waals surface area contributed by atoms with Crippen molar-refractivity contribution in [1.29, 1.82) is 0 Å². The molecular weight excluding hydrogens is 392 g/mol. The predicted octanol–water partition coefficient (Wildman–Crippen LogP) is 4.53. The van der Waals surface area contributed by atoms with Crippen molar-refractivity contribution in [2.24, 2.45) is 5.92 Å². The van der Waals surface area contributed by atoms with E-state index in [1.807, 2.05) is 35.8 Å². The third-order valence-corrected chi connectivity index (χ3v) is 6.30. The molecule has 0 spiro atoms. The number of aromatic carboxylic acids is 1. The average molecular weight is 418 g/mol. The van der Waals surface area contributed by atoms with Gasteiger partial charge in [-0.25, -0.2) is 9.59 Å². The minimum absolute atomic E-state index is 0.137. The van der Waals surface area contributed by atoms with Crippen LogP contribution < -0.4 is 5.69 Å². The second-order valence-electron chi connectivity index (χ2n) is 8.85. The molecule has 4 aromatic rings. The Morgan fingerprint density at radius 3 is 2.65 bits per heavy atom. The van der Waals surface area contributed by atoms with E-state index in [0.717, 1.165) is 36.8 Å². The Kier molecular flexibility index (Phi) is 4.50. The first kappa shape index (κ1) is 19.6. The zero-order valence-corrected chi connectivity index (χ0v) is 18.0. The molecular formula is C24H26N4O3. The molecule has 7 nitrogen and oxygen atoms in total. The first-order valence-corrected chi connectivity index (χ1v) is 10.8.